The minimum Gasteiger partial charge on any atom is -0.300 e. The fourth-order valence-corrected chi connectivity index (χ4v) is 3.43. The molecule has 4 rings (SSSR count). The van der Waals surface area contributed by atoms with Crippen LogP contribution >= 0.6 is 0 Å². The minimum absolute atomic E-state index is 0.199. The fraction of sp³-hybridized carbons (Fsp3) is 0.300. The van der Waals surface area contributed by atoms with Gasteiger partial charge in [-0.25, -0.2) is 4.98 Å². The van der Waals surface area contributed by atoms with Gasteiger partial charge >= 0.3 is 0 Å². The Bertz CT molecular complexity index is 1190. The first-order valence-corrected chi connectivity index (χ1v) is 9.28. The Balaban J connectivity index is 1.79. The van der Waals surface area contributed by atoms with E-state index >= 15 is 0 Å². The lowest BCUT2D eigenvalue weighted by atomic mass is 10.1. The molecular weight excluding hydrogens is 354 g/mol. The van der Waals surface area contributed by atoms with Crippen LogP contribution in [0.2, 0.25) is 0 Å². The van der Waals surface area contributed by atoms with Gasteiger partial charge in [0.2, 0.25) is 5.95 Å². The van der Waals surface area contributed by atoms with Gasteiger partial charge in [-0.05, 0) is 6.42 Å². The van der Waals surface area contributed by atoms with E-state index in [0.29, 0.717) is 17.0 Å². The Morgan fingerprint density at radius 1 is 1.11 bits per heavy atom. The van der Waals surface area contributed by atoms with Crippen LogP contribution in [-0.2, 0) is 20.5 Å². The monoisotopic (exact) mass is 377 g/mol. The largest absolute Gasteiger partial charge is 0.300 e. The van der Waals surface area contributed by atoms with Crippen molar-refractivity contribution in [1.82, 2.24) is 29.5 Å². The van der Waals surface area contributed by atoms with Gasteiger partial charge < -0.3 is 0 Å². The summed E-state index contributed by atoms with van der Waals surface area (Å²) in [5.41, 5.74) is 3.69. The van der Waals surface area contributed by atoms with Crippen LogP contribution in [0.25, 0.3) is 22.3 Å². The van der Waals surface area contributed by atoms with Crippen molar-refractivity contribution < 1.29 is 0 Å². The van der Waals surface area contributed by atoms with Gasteiger partial charge in [-0.2, -0.15) is 10.2 Å². The highest BCUT2D eigenvalue weighted by molar-refractivity contribution is 5.78. The first-order chi connectivity index (χ1) is 13.5. The van der Waals surface area contributed by atoms with E-state index in [1.807, 2.05) is 55.4 Å². The maximum absolute atomic E-state index is 12.7. The number of H-pyrrole nitrogens is 1. The zero-order valence-corrected chi connectivity index (χ0v) is 16.5. The summed E-state index contributed by atoms with van der Waals surface area (Å²) in [6.45, 7) is 2.08. The number of rotatable bonds is 5. The molecule has 0 spiro atoms. The maximum atomic E-state index is 12.7. The summed E-state index contributed by atoms with van der Waals surface area (Å²) < 4.78 is 3.39. The molecule has 1 N–H and O–H groups in total. The average Bonchev–Trinajstić information content (AvgIpc) is 3.23. The van der Waals surface area contributed by atoms with Crippen LogP contribution in [0.4, 0.5) is 11.8 Å². The lowest BCUT2D eigenvalue weighted by Crippen LogP contribution is -2.21. The van der Waals surface area contributed by atoms with Gasteiger partial charge in [0, 0.05) is 32.8 Å². The molecule has 3 aromatic heterocycles. The molecule has 0 bridgehead atoms. The third-order valence-corrected chi connectivity index (χ3v) is 4.82. The van der Waals surface area contributed by atoms with Gasteiger partial charge in [-0.15, -0.1) is 0 Å². The third kappa shape index (κ3) is 2.96. The number of anilines is 2. The van der Waals surface area contributed by atoms with Crippen molar-refractivity contribution in [3.05, 3.63) is 52.4 Å². The van der Waals surface area contributed by atoms with Gasteiger partial charge in [-0.3, -0.25) is 24.0 Å². The van der Waals surface area contributed by atoms with Crippen LogP contribution < -0.4 is 10.5 Å². The van der Waals surface area contributed by atoms with Crippen molar-refractivity contribution in [3.8, 4) is 11.3 Å². The van der Waals surface area contributed by atoms with Crippen molar-refractivity contribution in [2.45, 2.75) is 19.8 Å². The van der Waals surface area contributed by atoms with Crippen molar-refractivity contribution >= 4 is 22.8 Å². The Morgan fingerprint density at radius 3 is 2.57 bits per heavy atom. The molecule has 0 aliphatic heterocycles. The predicted molar refractivity (Wildman–Crippen MR) is 110 cm³/mol. The molecular formula is C20H23N7O. The lowest BCUT2D eigenvalue weighted by molar-refractivity contribution is 0.750. The van der Waals surface area contributed by atoms with Crippen LogP contribution in [0.3, 0.4) is 0 Å². The van der Waals surface area contributed by atoms with Crippen LogP contribution in [0, 0.1) is 0 Å². The molecule has 0 aliphatic rings. The number of fused-ring (bicyclic) bond motifs is 1. The topological polar surface area (TPSA) is 84.6 Å². The number of aryl methyl sites for hydroxylation is 3. The minimum atomic E-state index is -0.199. The molecule has 0 saturated carbocycles. The highest BCUT2D eigenvalue weighted by atomic mass is 16.1. The Hall–Kier alpha value is -3.42. The molecule has 0 amide bonds. The number of aromatic amines is 1. The van der Waals surface area contributed by atoms with Crippen LogP contribution in [-0.4, -0.2) is 36.6 Å². The normalized spacial score (nSPS) is 11.3. The lowest BCUT2D eigenvalue weighted by Gasteiger charge is -2.17. The zero-order chi connectivity index (χ0) is 19.8. The molecule has 4 aromatic rings. The van der Waals surface area contributed by atoms with E-state index in [9.17, 15) is 4.79 Å². The summed E-state index contributed by atoms with van der Waals surface area (Å²) in [6.07, 6.45) is 1.72. The van der Waals surface area contributed by atoms with Gasteiger partial charge in [0.15, 0.2) is 5.52 Å². The molecule has 28 heavy (non-hydrogen) atoms. The molecule has 0 atom stereocenters. The quantitative estimate of drug-likeness (QED) is 0.578. The number of benzene rings is 1. The summed E-state index contributed by atoms with van der Waals surface area (Å²) >= 11 is 0. The molecule has 144 valence electrons. The van der Waals surface area contributed by atoms with Crippen LogP contribution in [0.5, 0.6) is 0 Å². The highest BCUT2D eigenvalue weighted by Gasteiger charge is 2.19. The predicted octanol–water partition coefficient (Wildman–Crippen LogP) is 2.78. The van der Waals surface area contributed by atoms with E-state index in [0.717, 1.165) is 35.6 Å². The molecule has 8 heteroatoms. The second-order valence-corrected chi connectivity index (χ2v) is 6.84. The molecule has 0 aliphatic carbocycles. The molecule has 8 nitrogen and oxygen atoms in total. The van der Waals surface area contributed by atoms with E-state index in [1.54, 1.807) is 16.4 Å². The van der Waals surface area contributed by atoms with Crippen molar-refractivity contribution in [1.29, 1.82) is 0 Å². The van der Waals surface area contributed by atoms with Crippen molar-refractivity contribution in [3.63, 3.8) is 0 Å². The SMILES string of the molecule is CCCc1nn(C)c2c(=O)[nH]c(N(C)c3cc(-c4ccccc4)nn3C)nc12. The summed E-state index contributed by atoms with van der Waals surface area (Å²) in [7, 11) is 5.52. The molecule has 0 fully saturated rings. The fourth-order valence-electron chi connectivity index (χ4n) is 3.43. The van der Waals surface area contributed by atoms with Crippen LogP contribution in [0.15, 0.2) is 41.2 Å². The van der Waals surface area contributed by atoms with Crippen molar-refractivity contribution in [2.75, 3.05) is 11.9 Å². The number of aromatic nitrogens is 6. The Morgan fingerprint density at radius 2 is 1.86 bits per heavy atom. The summed E-state index contributed by atoms with van der Waals surface area (Å²) in [5, 5.41) is 9.08. The van der Waals surface area contributed by atoms with E-state index in [1.165, 1.54) is 0 Å². The zero-order valence-electron chi connectivity index (χ0n) is 16.5. The van der Waals surface area contributed by atoms with Crippen LogP contribution in [0.1, 0.15) is 19.0 Å². The Labute approximate surface area is 162 Å². The standard InChI is InChI=1S/C20H23N7O/c1-5-9-14-17-18(27(4)23-14)19(28)22-20(21-17)25(2)16-12-15(24-26(16)3)13-10-7-6-8-11-13/h6-8,10-12H,5,9H2,1-4H3,(H,21,22,28). The third-order valence-electron chi connectivity index (χ3n) is 4.82. The molecule has 0 radical (unpaired) electrons. The van der Waals surface area contributed by atoms with E-state index in [2.05, 4.69) is 22.1 Å². The van der Waals surface area contributed by atoms with Gasteiger partial charge in [-0.1, -0.05) is 43.7 Å². The second-order valence-electron chi connectivity index (χ2n) is 6.84. The first kappa shape index (κ1) is 18.0. The summed E-state index contributed by atoms with van der Waals surface area (Å²) in [5.74, 6) is 1.28. The smallest absolute Gasteiger partial charge is 0.278 e. The summed E-state index contributed by atoms with van der Waals surface area (Å²) in [4.78, 5) is 22.1. The molecule has 1 aromatic carbocycles. The number of hydrogen-bond acceptors (Lipinski definition) is 5. The van der Waals surface area contributed by atoms with E-state index in [4.69, 9.17) is 4.98 Å². The Kier molecular flexibility index (Phi) is 4.46. The molecule has 0 unspecified atom stereocenters. The number of hydrogen-bond donors (Lipinski definition) is 1. The maximum Gasteiger partial charge on any atom is 0.278 e. The van der Waals surface area contributed by atoms with Crippen molar-refractivity contribution in [2.24, 2.45) is 14.1 Å². The summed E-state index contributed by atoms with van der Waals surface area (Å²) in [6, 6.07) is 12.0. The molecule has 3 heterocycles. The average molecular weight is 377 g/mol. The van der Waals surface area contributed by atoms with Gasteiger partial charge in [0.1, 0.15) is 11.3 Å². The highest BCUT2D eigenvalue weighted by Crippen LogP contribution is 2.26. The molecule has 0 saturated heterocycles. The first-order valence-electron chi connectivity index (χ1n) is 9.28. The number of nitrogens with one attached hydrogen (secondary N) is 1. The second kappa shape index (κ2) is 6.95. The van der Waals surface area contributed by atoms with E-state index in [-0.39, 0.29) is 5.56 Å². The van der Waals surface area contributed by atoms with E-state index < -0.39 is 0 Å². The van der Waals surface area contributed by atoms with Gasteiger partial charge in [0.05, 0.1) is 11.4 Å². The van der Waals surface area contributed by atoms with Gasteiger partial charge in [0.25, 0.3) is 5.56 Å². The number of nitrogens with zero attached hydrogens (tertiary/aromatic N) is 6.